The van der Waals surface area contributed by atoms with Gasteiger partial charge in [0, 0.05) is 6.21 Å². The zero-order chi connectivity index (χ0) is 7.94. The van der Waals surface area contributed by atoms with Gasteiger partial charge in [-0.3, -0.25) is 0 Å². The average Bonchev–Trinajstić information content (AvgIpc) is 2.07. The van der Waals surface area contributed by atoms with Gasteiger partial charge in [0.15, 0.2) is 0 Å². The minimum Gasteiger partial charge on any atom is -0.164 e. The first-order chi connectivity index (χ1) is 5.43. The molecule has 1 heteroatoms. The van der Waals surface area contributed by atoms with E-state index in [1.165, 1.54) is 11.8 Å². The van der Waals surface area contributed by atoms with Crippen LogP contribution < -0.4 is 5.41 Å². The Bertz CT molecular complexity index is 203. The maximum absolute atomic E-state index is 8.42. The fraction of sp³-hybridized carbons (Fsp3) is 0.300. The molecule has 0 fully saturated rings. The number of rotatable bonds is 4. The Morgan fingerprint density at radius 2 is 1.91 bits per heavy atom. The van der Waals surface area contributed by atoms with E-state index in [0.29, 0.717) is 0 Å². The molecule has 1 aromatic carbocycles. The lowest BCUT2D eigenvalue weighted by Crippen LogP contribution is -1.85. The van der Waals surface area contributed by atoms with Crippen LogP contribution in [0.2, 0.25) is 0 Å². The van der Waals surface area contributed by atoms with Gasteiger partial charge in [0.25, 0.3) is 0 Å². The number of benzene rings is 1. The zero-order valence-corrected chi connectivity index (χ0v) is 6.53. The average molecular weight is 146 g/mol. The van der Waals surface area contributed by atoms with Crippen LogP contribution in [0.3, 0.4) is 0 Å². The highest BCUT2D eigenvalue weighted by molar-refractivity contribution is 5.53. The number of unbranched alkanes of at least 4 members (excludes halogenated alkanes) is 1. The summed E-state index contributed by atoms with van der Waals surface area (Å²) in [6, 6.07) is 10.3. The summed E-state index contributed by atoms with van der Waals surface area (Å²) >= 11 is 0. The summed E-state index contributed by atoms with van der Waals surface area (Å²) in [5, 5.41) is 8.42. The van der Waals surface area contributed by atoms with Crippen molar-refractivity contribution in [3.63, 3.8) is 0 Å². The van der Waals surface area contributed by atoms with Gasteiger partial charge in [0.05, 0.1) is 0 Å². The van der Waals surface area contributed by atoms with Gasteiger partial charge in [0.1, 0.15) is 0 Å². The van der Waals surface area contributed by atoms with E-state index in [-0.39, 0.29) is 0 Å². The lowest BCUT2D eigenvalue weighted by atomic mass is 10.1. The van der Waals surface area contributed by atoms with Crippen molar-refractivity contribution in [3.05, 3.63) is 35.9 Å². The molecule has 0 bridgehead atoms. The first-order valence-corrected chi connectivity index (χ1v) is 3.93. The van der Waals surface area contributed by atoms with E-state index in [2.05, 4.69) is 12.1 Å². The third-order valence-electron chi connectivity index (χ3n) is 1.64. The summed E-state index contributed by atoms with van der Waals surface area (Å²) in [5.74, 6) is 0. The summed E-state index contributed by atoms with van der Waals surface area (Å²) in [6.45, 7) is 0. The highest BCUT2D eigenvalue weighted by Gasteiger charge is 1.88. The SMILES string of the molecule is [N]=CCCCc1ccccc1. The Labute approximate surface area is 67.6 Å². The molecule has 0 atom stereocenters. The van der Waals surface area contributed by atoms with Crippen molar-refractivity contribution >= 4 is 6.21 Å². The minimum absolute atomic E-state index is 0.787. The van der Waals surface area contributed by atoms with Gasteiger partial charge in [-0.25, -0.2) is 0 Å². The summed E-state index contributed by atoms with van der Waals surface area (Å²) < 4.78 is 0. The second-order valence-corrected chi connectivity index (χ2v) is 2.56. The monoisotopic (exact) mass is 146 g/mol. The van der Waals surface area contributed by atoms with E-state index in [1.807, 2.05) is 18.2 Å². The molecular weight excluding hydrogens is 134 g/mol. The van der Waals surface area contributed by atoms with Gasteiger partial charge in [-0.1, -0.05) is 30.3 Å². The Morgan fingerprint density at radius 3 is 2.55 bits per heavy atom. The van der Waals surface area contributed by atoms with E-state index in [4.69, 9.17) is 5.41 Å². The molecule has 1 radical (unpaired) electrons. The lowest BCUT2D eigenvalue weighted by Gasteiger charge is -1.96. The Morgan fingerprint density at radius 1 is 1.18 bits per heavy atom. The van der Waals surface area contributed by atoms with E-state index in [1.54, 1.807) is 0 Å². The van der Waals surface area contributed by atoms with E-state index < -0.39 is 0 Å². The predicted molar refractivity (Wildman–Crippen MR) is 47.6 cm³/mol. The highest BCUT2D eigenvalue weighted by Crippen LogP contribution is 2.02. The van der Waals surface area contributed by atoms with Crippen LogP contribution in [-0.4, -0.2) is 6.21 Å². The van der Waals surface area contributed by atoms with Crippen molar-refractivity contribution in [1.29, 1.82) is 0 Å². The standard InChI is InChI=1S/C10H12N/c11-9-5-4-8-10-6-2-1-3-7-10/h1-3,6-7,9H,4-5,8H2. The lowest BCUT2D eigenvalue weighted by molar-refractivity contribution is 0.874. The van der Waals surface area contributed by atoms with E-state index in [9.17, 15) is 0 Å². The molecule has 0 amide bonds. The van der Waals surface area contributed by atoms with Gasteiger partial charge in [-0.2, -0.15) is 5.41 Å². The smallest absolute Gasteiger partial charge is 0.0270 e. The molecule has 57 valence electrons. The molecule has 0 aliphatic heterocycles. The second kappa shape index (κ2) is 4.67. The summed E-state index contributed by atoms with van der Waals surface area (Å²) in [5.41, 5.74) is 1.34. The zero-order valence-electron chi connectivity index (χ0n) is 6.53. The molecule has 0 heterocycles. The quantitative estimate of drug-likeness (QED) is 0.457. The van der Waals surface area contributed by atoms with Crippen LogP contribution in [0.1, 0.15) is 18.4 Å². The number of nitrogens with zero attached hydrogens (tertiary/aromatic N) is 1. The predicted octanol–water partition coefficient (Wildman–Crippen LogP) is 1.88. The van der Waals surface area contributed by atoms with Gasteiger partial charge in [-0.15, -0.1) is 0 Å². The molecule has 0 unspecified atom stereocenters. The van der Waals surface area contributed by atoms with Crippen molar-refractivity contribution in [3.8, 4) is 0 Å². The van der Waals surface area contributed by atoms with Crippen LogP contribution in [0.15, 0.2) is 30.3 Å². The number of hydrogen-bond acceptors (Lipinski definition) is 0. The maximum Gasteiger partial charge on any atom is 0.0270 e. The van der Waals surface area contributed by atoms with Crippen LogP contribution >= 0.6 is 0 Å². The molecule has 0 aliphatic carbocycles. The van der Waals surface area contributed by atoms with Crippen molar-refractivity contribution in [2.45, 2.75) is 19.3 Å². The summed E-state index contributed by atoms with van der Waals surface area (Å²) in [7, 11) is 0. The molecular formula is C10H12N. The first-order valence-electron chi connectivity index (χ1n) is 3.93. The molecule has 0 aliphatic rings. The van der Waals surface area contributed by atoms with Gasteiger partial charge in [-0.05, 0) is 24.8 Å². The molecule has 0 spiro atoms. The van der Waals surface area contributed by atoms with Crippen molar-refractivity contribution < 1.29 is 0 Å². The van der Waals surface area contributed by atoms with Crippen LogP contribution in [0.25, 0.3) is 0 Å². The molecule has 11 heavy (non-hydrogen) atoms. The van der Waals surface area contributed by atoms with Crippen LogP contribution in [0.5, 0.6) is 0 Å². The van der Waals surface area contributed by atoms with Crippen molar-refractivity contribution in [1.82, 2.24) is 5.41 Å². The van der Waals surface area contributed by atoms with E-state index >= 15 is 0 Å². The number of aryl methyl sites for hydroxylation is 1. The van der Waals surface area contributed by atoms with Crippen molar-refractivity contribution in [2.24, 2.45) is 0 Å². The fourth-order valence-electron chi connectivity index (χ4n) is 1.04. The third kappa shape index (κ3) is 2.99. The molecule has 1 rings (SSSR count). The highest BCUT2D eigenvalue weighted by atomic mass is 14.3. The normalized spacial score (nSPS) is 9.45. The van der Waals surface area contributed by atoms with Crippen LogP contribution in [0, 0.1) is 0 Å². The summed E-state index contributed by atoms with van der Waals surface area (Å²) in [4.78, 5) is 0. The molecule has 1 aromatic rings. The molecule has 0 N–H and O–H groups in total. The minimum atomic E-state index is 0.787. The van der Waals surface area contributed by atoms with Crippen LogP contribution in [-0.2, 0) is 6.42 Å². The van der Waals surface area contributed by atoms with E-state index in [0.717, 1.165) is 19.3 Å². The Balaban J connectivity index is 2.33. The maximum atomic E-state index is 8.42. The largest absolute Gasteiger partial charge is 0.164 e. The fourth-order valence-corrected chi connectivity index (χ4v) is 1.04. The van der Waals surface area contributed by atoms with Crippen molar-refractivity contribution in [2.75, 3.05) is 0 Å². The van der Waals surface area contributed by atoms with Gasteiger partial charge in [0.2, 0.25) is 0 Å². The molecule has 0 saturated heterocycles. The topological polar surface area (TPSA) is 22.3 Å². The Kier molecular flexibility index (Phi) is 3.39. The molecule has 0 saturated carbocycles. The second-order valence-electron chi connectivity index (χ2n) is 2.56. The molecule has 1 nitrogen and oxygen atoms in total. The number of hydrogen-bond donors (Lipinski definition) is 0. The van der Waals surface area contributed by atoms with Crippen LogP contribution in [0.4, 0.5) is 0 Å². The third-order valence-corrected chi connectivity index (χ3v) is 1.64. The Hall–Kier alpha value is -1.11. The summed E-state index contributed by atoms with van der Waals surface area (Å²) in [6.07, 6.45) is 4.09. The van der Waals surface area contributed by atoms with Gasteiger partial charge < -0.3 is 0 Å². The van der Waals surface area contributed by atoms with Gasteiger partial charge >= 0.3 is 0 Å². The molecule has 0 aromatic heterocycles. The first kappa shape index (κ1) is 7.99.